The van der Waals surface area contributed by atoms with Crippen LogP contribution in [0.1, 0.15) is 18.4 Å². The highest BCUT2D eigenvalue weighted by Crippen LogP contribution is 2.32. The lowest BCUT2D eigenvalue weighted by atomic mass is 10.2. The van der Waals surface area contributed by atoms with Gasteiger partial charge in [0, 0.05) is 19.6 Å². The fraction of sp³-hybridized carbons (Fsp3) is 0.389. The molecule has 3 N–H and O–H groups in total. The quantitative estimate of drug-likeness (QED) is 0.584. The summed E-state index contributed by atoms with van der Waals surface area (Å²) in [6.07, 6.45) is 4.40. The topological polar surface area (TPSA) is 87.9 Å². The third kappa shape index (κ3) is 3.71. The first-order chi connectivity index (χ1) is 12.3. The van der Waals surface area contributed by atoms with Gasteiger partial charge in [0.05, 0.1) is 12.9 Å². The lowest BCUT2D eigenvalue weighted by molar-refractivity contribution is 0.311. The lowest BCUT2D eigenvalue weighted by Gasteiger charge is -2.10. The standard InChI is InChI=1S/C18H22N6O/c25-9-8-19-18-22-16(20-10-13-4-2-1-3-5-13)15-17(23-18)24(12-21-15)11-14-6-7-14/h1-5,12,14,25H,6-11H2,(H2,19,20,22,23). The van der Waals surface area contributed by atoms with Gasteiger partial charge in [0.2, 0.25) is 5.95 Å². The Morgan fingerprint density at radius 1 is 1.12 bits per heavy atom. The van der Waals surface area contributed by atoms with Gasteiger partial charge in [-0.3, -0.25) is 0 Å². The van der Waals surface area contributed by atoms with E-state index >= 15 is 0 Å². The van der Waals surface area contributed by atoms with E-state index in [1.54, 1.807) is 0 Å². The number of aliphatic hydroxyl groups is 1. The molecule has 130 valence electrons. The van der Waals surface area contributed by atoms with Crippen molar-refractivity contribution in [3.8, 4) is 0 Å². The Morgan fingerprint density at radius 2 is 1.96 bits per heavy atom. The highest BCUT2D eigenvalue weighted by molar-refractivity contribution is 5.84. The number of aliphatic hydroxyl groups excluding tert-OH is 1. The highest BCUT2D eigenvalue weighted by Gasteiger charge is 2.23. The van der Waals surface area contributed by atoms with E-state index in [1.165, 1.54) is 18.4 Å². The summed E-state index contributed by atoms with van der Waals surface area (Å²) in [7, 11) is 0. The third-order valence-electron chi connectivity index (χ3n) is 4.31. The molecule has 1 saturated carbocycles. The number of benzene rings is 1. The molecule has 2 aromatic heterocycles. The predicted molar refractivity (Wildman–Crippen MR) is 97.4 cm³/mol. The summed E-state index contributed by atoms with van der Waals surface area (Å²) >= 11 is 0. The molecule has 0 amide bonds. The maximum Gasteiger partial charge on any atom is 0.226 e. The summed E-state index contributed by atoms with van der Waals surface area (Å²) in [4.78, 5) is 13.7. The number of aromatic nitrogens is 4. The van der Waals surface area contributed by atoms with Crippen LogP contribution in [0.4, 0.5) is 11.8 Å². The molecule has 0 radical (unpaired) electrons. The summed E-state index contributed by atoms with van der Waals surface area (Å²) in [5.74, 6) is 1.96. The number of nitrogens with one attached hydrogen (secondary N) is 2. The van der Waals surface area contributed by atoms with Crippen molar-refractivity contribution in [2.75, 3.05) is 23.8 Å². The molecule has 0 atom stereocenters. The summed E-state index contributed by atoms with van der Waals surface area (Å²) in [5.41, 5.74) is 2.79. The molecular formula is C18H22N6O. The van der Waals surface area contributed by atoms with Crippen LogP contribution in [0.3, 0.4) is 0 Å². The molecule has 0 spiro atoms. The number of rotatable bonds is 8. The number of hydrogen-bond acceptors (Lipinski definition) is 6. The van der Waals surface area contributed by atoms with E-state index in [9.17, 15) is 0 Å². The van der Waals surface area contributed by atoms with Crippen LogP contribution >= 0.6 is 0 Å². The van der Waals surface area contributed by atoms with Crippen molar-refractivity contribution in [2.24, 2.45) is 5.92 Å². The molecule has 0 bridgehead atoms. The fourth-order valence-electron chi connectivity index (χ4n) is 2.81. The van der Waals surface area contributed by atoms with Crippen molar-refractivity contribution in [1.29, 1.82) is 0 Å². The fourth-order valence-corrected chi connectivity index (χ4v) is 2.81. The molecule has 2 heterocycles. The number of imidazole rings is 1. The first-order valence-corrected chi connectivity index (χ1v) is 8.69. The molecule has 0 saturated heterocycles. The van der Waals surface area contributed by atoms with Crippen LogP contribution in [0.2, 0.25) is 0 Å². The predicted octanol–water partition coefficient (Wildman–Crippen LogP) is 2.25. The Labute approximate surface area is 146 Å². The minimum absolute atomic E-state index is 0.0372. The van der Waals surface area contributed by atoms with E-state index in [4.69, 9.17) is 5.11 Å². The Hall–Kier alpha value is -2.67. The van der Waals surface area contributed by atoms with Gasteiger partial charge in [-0.15, -0.1) is 0 Å². The molecule has 4 rings (SSSR count). The minimum atomic E-state index is 0.0372. The second kappa shape index (κ2) is 7.06. The van der Waals surface area contributed by atoms with Crippen LogP contribution in [0.25, 0.3) is 11.2 Å². The molecule has 25 heavy (non-hydrogen) atoms. The Bertz CT molecular complexity index is 843. The molecule has 1 aromatic carbocycles. The highest BCUT2D eigenvalue weighted by atomic mass is 16.3. The monoisotopic (exact) mass is 338 g/mol. The van der Waals surface area contributed by atoms with Crippen LogP contribution in [0.15, 0.2) is 36.7 Å². The average Bonchev–Trinajstić information content (AvgIpc) is 3.38. The van der Waals surface area contributed by atoms with Crippen molar-refractivity contribution in [1.82, 2.24) is 19.5 Å². The van der Waals surface area contributed by atoms with Crippen molar-refractivity contribution < 1.29 is 5.11 Å². The van der Waals surface area contributed by atoms with Gasteiger partial charge in [0.25, 0.3) is 0 Å². The van der Waals surface area contributed by atoms with Crippen molar-refractivity contribution in [3.05, 3.63) is 42.2 Å². The van der Waals surface area contributed by atoms with Gasteiger partial charge in [-0.1, -0.05) is 30.3 Å². The summed E-state index contributed by atoms with van der Waals surface area (Å²) in [6.45, 7) is 2.07. The van der Waals surface area contributed by atoms with Gasteiger partial charge in [-0.25, -0.2) is 4.98 Å². The molecule has 7 nitrogen and oxygen atoms in total. The van der Waals surface area contributed by atoms with Gasteiger partial charge < -0.3 is 20.3 Å². The van der Waals surface area contributed by atoms with Crippen molar-refractivity contribution in [2.45, 2.75) is 25.9 Å². The van der Waals surface area contributed by atoms with Crippen LogP contribution in [-0.2, 0) is 13.1 Å². The number of nitrogens with zero attached hydrogens (tertiary/aromatic N) is 4. The van der Waals surface area contributed by atoms with Crippen LogP contribution in [-0.4, -0.2) is 37.8 Å². The third-order valence-corrected chi connectivity index (χ3v) is 4.31. The van der Waals surface area contributed by atoms with E-state index in [0.717, 1.165) is 23.6 Å². The Morgan fingerprint density at radius 3 is 2.72 bits per heavy atom. The molecule has 0 aliphatic heterocycles. The second-order valence-electron chi connectivity index (χ2n) is 6.40. The smallest absolute Gasteiger partial charge is 0.226 e. The van der Waals surface area contributed by atoms with Gasteiger partial charge in [0.1, 0.15) is 0 Å². The average molecular weight is 338 g/mol. The van der Waals surface area contributed by atoms with Crippen LogP contribution < -0.4 is 10.6 Å². The minimum Gasteiger partial charge on any atom is -0.395 e. The first kappa shape index (κ1) is 15.8. The van der Waals surface area contributed by atoms with E-state index in [1.807, 2.05) is 24.5 Å². The van der Waals surface area contributed by atoms with Gasteiger partial charge in [-0.05, 0) is 24.3 Å². The zero-order chi connectivity index (χ0) is 17.1. The first-order valence-electron chi connectivity index (χ1n) is 8.69. The number of hydrogen-bond donors (Lipinski definition) is 3. The Kier molecular flexibility index (Phi) is 4.47. The lowest BCUT2D eigenvalue weighted by Crippen LogP contribution is -2.12. The zero-order valence-corrected chi connectivity index (χ0v) is 14.0. The van der Waals surface area contributed by atoms with Crippen molar-refractivity contribution in [3.63, 3.8) is 0 Å². The second-order valence-corrected chi connectivity index (χ2v) is 6.40. The summed E-state index contributed by atoms with van der Waals surface area (Å²) in [5, 5.41) is 15.5. The van der Waals surface area contributed by atoms with E-state index < -0.39 is 0 Å². The maximum absolute atomic E-state index is 9.05. The number of anilines is 2. The van der Waals surface area contributed by atoms with Crippen LogP contribution in [0.5, 0.6) is 0 Å². The van der Waals surface area contributed by atoms with Crippen LogP contribution in [0, 0.1) is 5.92 Å². The molecule has 3 aromatic rings. The molecule has 1 fully saturated rings. The van der Waals surface area contributed by atoms with Gasteiger partial charge in [-0.2, -0.15) is 9.97 Å². The zero-order valence-electron chi connectivity index (χ0n) is 14.0. The number of fused-ring (bicyclic) bond motifs is 1. The molecular weight excluding hydrogens is 316 g/mol. The maximum atomic E-state index is 9.05. The summed E-state index contributed by atoms with van der Waals surface area (Å²) in [6, 6.07) is 10.2. The van der Waals surface area contributed by atoms with Gasteiger partial charge >= 0.3 is 0 Å². The van der Waals surface area contributed by atoms with Crippen molar-refractivity contribution >= 4 is 22.9 Å². The molecule has 1 aliphatic rings. The molecule has 0 unspecified atom stereocenters. The molecule has 7 heteroatoms. The SMILES string of the molecule is OCCNc1nc(NCc2ccccc2)c2ncn(CC3CC3)c2n1. The Balaban J connectivity index is 1.63. The van der Waals surface area contributed by atoms with Gasteiger partial charge in [0.15, 0.2) is 17.0 Å². The van der Waals surface area contributed by atoms with E-state index in [-0.39, 0.29) is 6.61 Å². The largest absolute Gasteiger partial charge is 0.395 e. The summed E-state index contributed by atoms with van der Waals surface area (Å²) < 4.78 is 2.10. The molecule has 1 aliphatic carbocycles. The normalized spacial score (nSPS) is 14.0. The van der Waals surface area contributed by atoms with E-state index in [2.05, 4.69) is 42.3 Å². The van der Waals surface area contributed by atoms with E-state index in [0.29, 0.717) is 24.9 Å².